The highest BCUT2D eigenvalue weighted by Crippen LogP contribution is 2.16. The van der Waals surface area contributed by atoms with Crippen LogP contribution in [-0.2, 0) is 13.6 Å². The van der Waals surface area contributed by atoms with Gasteiger partial charge in [0.2, 0.25) is 0 Å². The average Bonchev–Trinajstić information content (AvgIpc) is 2.92. The molecule has 26 heavy (non-hydrogen) atoms. The van der Waals surface area contributed by atoms with Gasteiger partial charge in [-0.3, -0.25) is 0 Å². The number of benzene rings is 1. The second kappa shape index (κ2) is 11.2. The zero-order valence-corrected chi connectivity index (χ0v) is 18.7. The third kappa shape index (κ3) is 6.26. The van der Waals surface area contributed by atoms with Crippen molar-refractivity contribution >= 4 is 29.9 Å². The van der Waals surface area contributed by atoms with Crippen LogP contribution in [0, 0.1) is 13.8 Å². The minimum Gasteiger partial charge on any atom is -0.356 e. The summed E-state index contributed by atoms with van der Waals surface area (Å²) < 4.78 is 1.97. The summed E-state index contributed by atoms with van der Waals surface area (Å²) in [6.45, 7) is 9.83. The Morgan fingerprint density at radius 1 is 1.23 bits per heavy atom. The number of rotatable bonds is 7. The molecule has 2 rings (SSSR count). The molecule has 0 aliphatic rings. The molecule has 0 aliphatic heterocycles. The van der Waals surface area contributed by atoms with Crippen molar-refractivity contribution in [3.05, 3.63) is 47.0 Å². The largest absolute Gasteiger partial charge is 0.356 e. The van der Waals surface area contributed by atoms with Gasteiger partial charge in [-0.2, -0.15) is 0 Å². The van der Waals surface area contributed by atoms with Crippen molar-refractivity contribution in [1.82, 2.24) is 25.4 Å². The van der Waals surface area contributed by atoms with E-state index >= 15 is 0 Å². The number of hydrogen-bond acceptors (Lipinski definition) is 3. The van der Waals surface area contributed by atoms with E-state index in [9.17, 15) is 0 Å². The Hall–Kier alpha value is -1.64. The molecule has 0 saturated heterocycles. The van der Waals surface area contributed by atoms with Crippen LogP contribution in [0.1, 0.15) is 55.5 Å². The van der Waals surface area contributed by atoms with Crippen LogP contribution < -0.4 is 10.6 Å². The van der Waals surface area contributed by atoms with Crippen LogP contribution in [0.2, 0.25) is 0 Å². The van der Waals surface area contributed by atoms with Crippen LogP contribution in [0.3, 0.4) is 0 Å². The Kier molecular flexibility index (Phi) is 9.61. The number of guanidine groups is 1. The molecule has 0 saturated carbocycles. The molecule has 1 heterocycles. The van der Waals surface area contributed by atoms with Gasteiger partial charge in [-0.25, -0.2) is 4.99 Å². The first kappa shape index (κ1) is 22.4. The van der Waals surface area contributed by atoms with E-state index in [4.69, 9.17) is 4.99 Å². The lowest BCUT2D eigenvalue weighted by Crippen LogP contribution is -2.39. The highest BCUT2D eigenvalue weighted by molar-refractivity contribution is 14.0. The third-order valence-corrected chi connectivity index (χ3v) is 4.39. The standard InChI is InChI=1S/C19H30N6.HI/c1-6-7-12-20-19(21-13-18-24-23-16(4)25(18)5)22-15(3)17-11-9-8-10-14(17)2;/h8-11,15H,6-7,12-13H2,1-5H3,(H2,20,21,22);1H. The molecular formula is C19H31IN6. The number of unbranched alkanes of at least 4 members (excludes halogenated alkanes) is 1. The molecule has 0 spiro atoms. The molecule has 7 heteroatoms. The van der Waals surface area contributed by atoms with Gasteiger partial charge >= 0.3 is 0 Å². The van der Waals surface area contributed by atoms with Crippen LogP contribution in [0.5, 0.6) is 0 Å². The summed E-state index contributed by atoms with van der Waals surface area (Å²) in [5.41, 5.74) is 2.56. The Morgan fingerprint density at radius 3 is 2.58 bits per heavy atom. The predicted molar refractivity (Wildman–Crippen MR) is 118 cm³/mol. The Bertz CT molecular complexity index is 710. The number of aryl methyl sites for hydroxylation is 2. The molecule has 2 aromatic rings. The van der Waals surface area contributed by atoms with Crippen LogP contribution in [0.25, 0.3) is 0 Å². The molecule has 1 aromatic heterocycles. The normalized spacial score (nSPS) is 12.4. The summed E-state index contributed by atoms with van der Waals surface area (Å²) in [6.07, 6.45) is 2.26. The lowest BCUT2D eigenvalue weighted by atomic mass is 10.0. The lowest BCUT2D eigenvalue weighted by Gasteiger charge is -2.20. The first-order valence-corrected chi connectivity index (χ1v) is 8.98. The first-order chi connectivity index (χ1) is 12.0. The summed E-state index contributed by atoms with van der Waals surface area (Å²) in [5.74, 6) is 2.56. The first-order valence-electron chi connectivity index (χ1n) is 8.98. The van der Waals surface area contributed by atoms with Crippen molar-refractivity contribution in [2.75, 3.05) is 6.54 Å². The maximum Gasteiger partial charge on any atom is 0.192 e. The number of nitrogens with one attached hydrogen (secondary N) is 2. The molecule has 0 radical (unpaired) electrons. The summed E-state index contributed by atoms with van der Waals surface area (Å²) in [7, 11) is 1.97. The van der Waals surface area contributed by atoms with E-state index in [1.807, 2.05) is 18.5 Å². The Labute approximate surface area is 173 Å². The van der Waals surface area contributed by atoms with Crippen molar-refractivity contribution in [2.45, 2.75) is 53.1 Å². The predicted octanol–water partition coefficient (Wildman–Crippen LogP) is 3.65. The molecule has 1 unspecified atom stereocenters. The number of aliphatic imine (C=N–C) groups is 1. The minimum absolute atomic E-state index is 0. The molecule has 0 aliphatic carbocycles. The van der Waals surface area contributed by atoms with Crippen molar-refractivity contribution in [3.8, 4) is 0 Å². The van der Waals surface area contributed by atoms with E-state index in [1.54, 1.807) is 0 Å². The highest BCUT2D eigenvalue weighted by atomic mass is 127. The molecule has 1 aromatic carbocycles. The van der Waals surface area contributed by atoms with Crippen molar-refractivity contribution < 1.29 is 0 Å². The van der Waals surface area contributed by atoms with Gasteiger partial charge in [-0.15, -0.1) is 34.2 Å². The Morgan fingerprint density at radius 2 is 1.96 bits per heavy atom. The van der Waals surface area contributed by atoms with Gasteiger partial charge in [0.05, 0.1) is 6.04 Å². The molecule has 0 bridgehead atoms. The minimum atomic E-state index is 0. The van der Waals surface area contributed by atoms with Crippen LogP contribution in [0.15, 0.2) is 29.3 Å². The second-order valence-corrected chi connectivity index (χ2v) is 6.39. The molecule has 1 atom stereocenters. The molecule has 2 N–H and O–H groups in total. The quantitative estimate of drug-likeness (QED) is 0.281. The fourth-order valence-corrected chi connectivity index (χ4v) is 2.63. The Balaban J connectivity index is 0.00000338. The number of aromatic nitrogens is 3. The van der Waals surface area contributed by atoms with Crippen molar-refractivity contribution in [1.29, 1.82) is 0 Å². The fraction of sp³-hybridized carbons (Fsp3) is 0.526. The molecule has 6 nitrogen and oxygen atoms in total. The smallest absolute Gasteiger partial charge is 0.192 e. The summed E-state index contributed by atoms with van der Waals surface area (Å²) in [5, 5.41) is 15.2. The number of hydrogen-bond donors (Lipinski definition) is 2. The van der Waals surface area contributed by atoms with Gasteiger partial charge < -0.3 is 15.2 Å². The van der Waals surface area contributed by atoms with E-state index in [0.717, 1.165) is 37.0 Å². The monoisotopic (exact) mass is 470 g/mol. The van der Waals surface area contributed by atoms with Crippen LogP contribution in [-0.4, -0.2) is 27.3 Å². The van der Waals surface area contributed by atoms with E-state index in [-0.39, 0.29) is 30.0 Å². The number of nitrogens with zero attached hydrogens (tertiary/aromatic N) is 4. The molecular weight excluding hydrogens is 439 g/mol. The molecule has 0 fully saturated rings. The maximum absolute atomic E-state index is 4.71. The van der Waals surface area contributed by atoms with Crippen LogP contribution in [0.4, 0.5) is 0 Å². The maximum atomic E-state index is 4.71. The second-order valence-electron chi connectivity index (χ2n) is 6.39. The summed E-state index contributed by atoms with van der Waals surface area (Å²) in [4.78, 5) is 4.71. The average molecular weight is 470 g/mol. The van der Waals surface area contributed by atoms with Gasteiger partial charge in [0, 0.05) is 13.6 Å². The van der Waals surface area contributed by atoms with Crippen LogP contribution >= 0.6 is 24.0 Å². The van der Waals surface area contributed by atoms with E-state index in [2.05, 4.69) is 65.9 Å². The van der Waals surface area contributed by atoms with E-state index in [0.29, 0.717) is 6.54 Å². The summed E-state index contributed by atoms with van der Waals surface area (Å²) >= 11 is 0. The lowest BCUT2D eigenvalue weighted by molar-refractivity contribution is 0.660. The zero-order valence-electron chi connectivity index (χ0n) is 16.4. The van der Waals surface area contributed by atoms with Crippen molar-refractivity contribution in [3.63, 3.8) is 0 Å². The van der Waals surface area contributed by atoms with E-state index < -0.39 is 0 Å². The topological polar surface area (TPSA) is 67.1 Å². The number of halogens is 1. The zero-order chi connectivity index (χ0) is 18.2. The third-order valence-electron chi connectivity index (χ3n) is 4.39. The SMILES string of the molecule is CCCCNC(=NCc1nnc(C)n1C)NC(C)c1ccccc1C.I. The molecule has 144 valence electrons. The van der Waals surface area contributed by atoms with E-state index in [1.165, 1.54) is 11.1 Å². The van der Waals surface area contributed by atoms with Gasteiger partial charge in [0.25, 0.3) is 0 Å². The van der Waals surface area contributed by atoms with Gasteiger partial charge in [0.15, 0.2) is 11.8 Å². The van der Waals surface area contributed by atoms with Crippen molar-refractivity contribution in [2.24, 2.45) is 12.0 Å². The van der Waals surface area contributed by atoms with Gasteiger partial charge in [-0.1, -0.05) is 37.6 Å². The highest BCUT2D eigenvalue weighted by Gasteiger charge is 2.11. The van der Waals surface area contributed by atoms with Gasteiger partial charge in [0.1, 0.15) is 12.4 Å². The summed E-state index contributed by atoms with van der Waals surface area (Å²) in [6, 6.07) is 8.61. The van der Waals surface area contributed by atoms with Gasteiger partial charge in [-0.05, 0) is 38.3 Å². The molecule has 0 amide bonds. The fourth-order valence-electron chi connectivity index (χ4n) is 2.63.